The Morgan fingerprint density at radius 2 is 1.18 bits per heavy atom. The van der Waals surface area contributed by atoms with Gasteiger partial charge in [0.2, 0.25) is 0 Å². The predicted octanol–water partition coefficient (Wildman–Crippen LogP) is 13.5. The molecule has 5 nitrogen and oxygen atoms in total. The highest BCUT2D eigenvalue weighted by atomic mass is 79.9. The van der Waals surface area contributed by atoms with Crippen LogP contribution in [0, 0.1) is 5.41 Å². The second-order valence-corrected chi connectivity index (χ2v) is 14.6. The third kappa shape index (κ3) is 10.0. The van der Waals surface area contributed by atoms with Gasteiger partial charge in [0, 0.05) is 39.8 Å². The molecule has 0 saturated heterocycles. The molecule has 1 aromatic heterocycles. The zero-order chi connectivity index (χ0) is 39.4. The van der Waals surface area contributed by atoms with Crippen molar-refractivity contribution in [3.63, 3.8) is 0 Å². The van der Waals surface area contributed by atoms with Crippen LogP contribution in [-0.2, 0) is 6.54 Å². The smallest absolute Gasteiger partial charge is 0.164 e. The molecule has 0 aliphatic carbocycles. The largest absolute Gasteiger partial charge is 0.385 e. The fourth-order valence-corrected chi connectivity index (χ4v) is 7.07. The molecule has 0 bridgehead atoms. The number of hydrogen-bond acceptors (Lipinski definition) is 5. The third-order valence-electron chi connectivity index (χ3n) is 9.78. The minimum absolute atomic E-state index is 0.607. The molecule has 0 amide bonds. The standard InChI is InChI=1S/C51H44BrN5/c1-3-37(27-26-36(2)54-35-47-29-28-45(32-43(47)19-10-11-30-53)44-23-14-25-48(52)34-44)40-20-12-21-41(31-40)42-22-13-24-46(33-42)51-56-49(38-15-6-4-7-16-38)55-50(57-51)39-17-8-5-9-18-39/h3-10,12-26,28-34,53-54H,11,27,35H2,1-2H3/b19-10-,36-26+,37-3+,53-30?. The normalized spacial score (nSPS) is 11.8. The van der Waals surface area contributed by atoms with Gasteiger partial charge >= 0.3 is 0 Å². The molecule has 0 spiro atoms. The van der Waals surface area contributed by atoms with Crippen LogP contribution >= 0.6 is 15.9 Å². The van der Waals surface area contributed by atoms with Crippen molar-refractivity contribution in [1.29, 1.82) is 5.41 Å². The van der Waals surface area contributed by atoms with Crippen LogP contribution in [0.4, 0.5) is 0 Å². The van der Waals surface area contributed by atoms with Gasteiger partial charge in [0.1, 0.15) is 0 Å². The first-order chi connectivity index (χ1) is 28.0. The lowest BCUT2D eigenvalue weighted by Gasteiger charge is -2.13. The number of aromatic nitrogens is 3. The summed E-state index contributed by atoms with van der Waals surface area (Å²) in [4.78, 5) is 14.8. The average molecular weight is 807 g/mol. The van der Waals surface area contributed by atoms with E-state index in [1.807, 2.05) is 72.8 Å². The molecule has 0 atom stereocenters. The lowest BCUT2D eigenvalue weighted by atomic mass is 9.96. The second-order valence-electron chi connectivity index (χ2n) is 13.7. The summed E-state index contributed by atoms with van der Waals surface area (Å²) in [5, 5.41) is 11.1. The molecule has 6 aromatic carbocycles. The van der Waals surface area contributed by atoms with Crippen molar-refractivity contribution in [1.82, 2.24) is 20.3 Å². The van der Waals surface area contributed by atoms with Gasteiger partial charge in [0.15, 0.2) is 17.5 Å². The number of benzene rings is 6. The lowest BCUT2D eigenvalue weighted by Crippen LogP contribution is -2.11. The van der Waals surface area contributed by atoms with Crippen LogP contribution in [0.25, 0.3) is 68.1 Å². The molecule has 6 heteroatoms. The fraction of sp³-hybridized carbons (Fsp3) is 0.0980. The molecule has 0 saturated carbocycles. The molecular weight excluding hydrogens is 762 g/mol. The van der Waals surface area contributed by atoms with E-state index in [1.54, 1.807) is 0 Å². The van der Waals surface area contributed by atoms with Crippen molar-refractivity contribution >= 4 is 33.8 Å². The first-order valence-electron chi connectivity index (χ1n) is 19.2. The summed E-state index contributed by atoms with van der Waals surface area (Å²) in [5.74, 6) is 1.93. The molecular formula is C51H44BrN5. The van der Waals surface area contributed by atoms with Crippen LogP contribution in [0.5, 0.6) is 0 Å². The van der Waals surface area contributed by atoms with Gasteiger partial charge in [0.05, 0.1) is 0 Å². The van der Waals surface area contributed by atoms with Crippen molar-refractivity contribution in [2.75, 3.05) is 0 Å². The minimum Gasteiger partial charge on any atom is -0.385 e. The van der Waals surface area contributed by atoms with E-state index in [9.17, 15) is 0 Å². The zero-order valence-electron chi connectivity index (χ0n) is 32.2. The predicted molar refractivity (Wildman–Crippen MR) is 242 cm³/mol. The molecule has 57 heavy (non-hydrogen) atoms. The van der Waals surface area contributed by atoms with Crippen molar-refractivity contribution in [3.05, 3.63) is 197 Å². The maximum atomic E-state index is 7.47. The highest BCUT2D eigenvalue weighted by Gasteiger charge is 2.13. The highest BCUT2D eigenvalue weighted by molar-refractivity contribution is 9.10. The van der Waals surface area contributed by atoms with Gasteiger partial charge in [-0.05, 0) is 101 Å². The molecule has 280 valence electrons. The molecule has 0 aliphatic rings. The Bertz CT molecular complexity index is 2520. The van der Waals surface area contributed by atoms with E-state index in [2.05, 4.69) is 138 Å². The van der Waals surface area contributed by atoms with E-state index in [0.29, 0.717) is 30.4 Å². The zero-order valence-corrected chi connectivity index (χ0v) is 33.7. The van der Waals surface area contributed by atoms with Crippen molar-refractivity contribution in [2.45, 2.75) is 33.2 Å². The van der Waals surface area contributed by atoms with E-state index in [4.69, 9.17) is 20.4 Å². The summed E-state index contributed by atoms with van der Waals surface area (Å²) in [6.07, 6.45) is 11.4. The molecule has 0 unspecified atom stereocenters. The van der Waals surface area contributed by atoms with Crippen molar-refractivity contribution < 1.29 is 0 Å². The van der Waals surface area contributed by atoms with Gasteiger partial charge in [-0.3, -0.25) is 0 Å². The average Bonchev–Trinajstić information content (AvgIpc) is 3.27. The lowest BCUT2D eigenvalue weighted by molar-refractivity contribution is 0.806. The molecule has 7 aromatic rings. The van der Waals surface area contributed by atoms with Gasteiger partial charge in [-0.2, -0.15) is 0 Å². The topological polar surface area (TPSA) is 74.6 Å². The quantitative estimate of drug-likeness (QED) is 0.107. The van der Waals surface area contributed by atoms with E-state index in [-0.39, 0.29) is 0 Å². The van der Waals surface area contributed by atoms with Crippen LogP contribution in [0.1, 0.15) is 43.4 Å². The molecule has 1 heterocycles. The Hall–Kier alpha value is -6.50. The van der Waals surface area contributed by atoms with E-state index in [1.165, 1.54) is 22.9 Å². The summed E-state index contributed by atoms with van der Waals surface area (Å²) in [7, 11) is 0. The molecule has 2 N–H and O–H groups in total. The number of allylic oxidation sites excluding steroid dienone is 5. The third-order valence-corrected chi connectivity index (χ3v) is 10.3. The molecule has 0 radical (unpaired) electrons. The Morgan fingerprint density at radius 3 is 1.82 bits per heavy atom. The van der Waals surface area contributed by atoms with E-state index in [0.717, 1.165) is 61.1 Å². The minimum atomic E-state index is 0.607. The maximum absolute atomic E-state index is 7.47. The molecule has 0 fully saturated rings. The van der Waals surface area contributed by atoms with Crippen LogP contribution in [-0.4, -0.2) is 21.2 Å². The Kier molecular flexibility index (Phi) is 12.8. The molecule has 7 rings (SSSR count). The van der Waals surface area contributed by atoms with Crippen LogP contribution in [0.2, 0.25) is 0 Å². The van der Waals surface area contributed by atoms with Gasteiger partial charge in [-0.25, -0.2) is 15.0 Å². The summed E-state index contributed by atoms with van der Waals surface area (Å²) < 4.78 is 1.06. The van der Waals surface area contributed by atoms with E-state index >= 15 is 0 Å². The van der Waals surface area contributed by atoms with Crippen molar-refractivity contribution in [2.24, 2.45) is 0 Å². The number of halogens is 1. The first-order valence-corrected chi connectivity index (χ1v) is 19.9. The summed E-state index contributed by atoms with van der Waals surface area (Å²) >= 11 is 3.61. The number of hydrogen-bond donors (Lipinski definition) is 2. The van der Waals surface area contributed by atoms with Crippen LogP contribution in [0.3, 0.4) is 0 Å². The van der Waals surface area contributed by atoms with Gasteiger partial charge in [-0.1, -0.05) is 162 Å². The Labute approximate surface area is 344 Å². The fourth-order valence-electron chi connectivity index (χ4n) is 6.67. The summed E-state index contributed by atoms with van der Waals surface area (Å²) in [6, 6.07) is 52.3. The number of nitrogens with one attached hydrogen (secondary N) is 2. The monoisotopic (exact) mass is 805 g/mol. The molecule has 0 aliphatic heterocycles. The van der Waals surface area contributed by atoms with Crippen LogP contribution in [0.15, 0.2) is 180 Å². The highest BCUT2D eigenvalue weighted by Crippen LogP contribution is 2.31. The number of rotatable bonds is 14. The SMILES string of the molecule is C/C=C(\C/C=C(\C)NCc1ccc(-c2cccc(Br)c2)cc1/C=C\CC=N)c1cccc(-c2cccc(-c3nc(-c4ccccc4)nc(-c4ccccc4)n3)c2)c1. The summed E-state index contributed by atoms with van der Waals surface area (Å²) in [5.41, 5.74) is 13.3. The van der Waals surface area contributed by atoms with Gasteiger partial charge < -0.3 is 10.7 Å². The second kappa shape index (κ2) is 18.9. The van der Waals surface area contributed by atoms with Crippen molar-refractivity contribution in [3.8, 4) is 56.4 Å². The van der Waals surface area contributed by atoms with Gasteiger partial charge in [0.25, 0.3) is 0 Å². The number of nitrogens with zero attached hydrogens (tertiary/aromatic N) is 3. The van der Waals surface area contributed by atoms with Gasteiger partial charge in [-0.15, -0.1) is 0 Å². The maximum Gasteiger partial charge on any atom is 0.164 e. The first kappa shape index (κ1) is 38.8. The summed E-state index contributed by atoms with van der Waals surface area (Å²) in [6.45, 7) is 4.93. The van der Waals surface area contributed by atoms with E-state index < -0.39 is 0 Å². The van der Waals surface area contributed by atoms with Crippen LogP contribution < -0.4 is 5.32 Å². The Morgan fingerprint density at radius 1 is 0.614 bits per heavy atom. The Balaban J connectivity index is 1.09.